The minimum Gasteiger partial charge on any atom is -0.501 e. The third-order valence-electron chi connectivity index (χ3n) is 3.17. The molecule has 1 heterocycles. The second-order valence-corrected chi connectivity index (χ2v) is 4.51. The van der Waals surface area contributed by atoms with Crippen LogP contribution >= 0.6 is 0 Å². The zero-order valence-corrected chi connectivity index (χ0v) is 10.6. The van der Waals surface area contributed by atoms with Crippen LogP contribution in [0, 0.1) is 0 Å². The zero-order chi connectivity index (χ0) is 13.9. The molecule has 2 rings (SSSR count). The van der Waals surface area contributed by atoms with Crippen LogP contribution < -0.4 is 5.32 Å². The maximum Gasteiger partial charge on any atom is 0.416 e. The highest BCUT2D eigenvalue weighted by molar-refractivity contribution is 5.33. The Hall–Kier alpha value is -1.49. The molecule has 1 atom stereocenters. The number of alkyl halides is 3. The molecule has 5 heteroatoms. The molecule has 0 fully saturated rings. The number of hydrogen-bond donors (Lipinski definition) is 1. The van der Waals surface area contributed by atoms with Crippen molar-refractivity contribution in [2.24, 2.45) is 0 Å². The van der Waals surface area contributed by atoms with Gasteiger partial charge in [-0.15, -0.1) is 0 Å². The lowest BCUT2D eigenvalue weighted by atomic mass is 9.94. The fourth-order valence-electron chi connectivity index (χ4n) is 2.26. The minimum absolute atomic E-state index is 0.234. The van der Waals surface area contributed by atoms with Crippen molar-refractivity contribution in [3.63, 3.8) is 0 Å². The van der Waals surface area contributed by atoms with Gasteiger partial charge in [-0.2, -0.15) is 13.2 Å². The van der Waals surface area contributed by atoms with Crippen LogP contribution in [0.4, 0.5) is 13.2 Å². The van der Waals surface area contributed by atoms with Gasteiger partial charge < -0.3 is 10.1 Å². The van der Waals surface area contributed by atoms with Gasteiger partial charge in [-0.05, 0) is 43.2 Å². The van der Waals surface area contributed by atoms with Crippen molar-refractivity contribution in [3.05, 3.63) is 47.2 Å². The second kappa shape index (κ2) is 5.65. The van der Waals surface area contributed by atoms with Crippen LogP contribution in [0.25, 0.3) is 0 Å². The molecule has 0 aliphatic carbocycles. The maximum atomic E-state index is 12.7. The summed E-state index contributed by atoms with van der Waals surface area (Å²) in [7, 11) is 1.74. The van der Waals surface area contributed by atoms with Crippen LogP contribution in [-0.4, -0.2) is 13.7 Å². The molecular formula is C14H16F3NO. The first kappa shape index (κ1) is 13.9. The summed E-state index contributed by atoms with van der Waals surface area (Å²) < 4.78 is 43.4. The molecule has 0 saturated heterocycles. The van der Waals surface area contributed by atoms with E-state index in [9.17, 15) is 13.2 Å². The number of ether oxygens (including phenoxy) is 1. The number of likely N-dealkylation sites (N-methyl/N-ethyl adjacent to an activating group) is 1. The van der Waals surface area contributed by atoms with Crippen molar-refractivity contribution in [2.45, 2.75) is 25.1 Å². The third-order valence-corrected chi connectivity index (χ3v) is 3.17. The molecule has 1 N–H and O–H groups in total. The average molecular weight is 271 g/mol. The van der Waals surface area contributed by atoms with Crippen molar-refractivity contribution in [2.75, 3.05) is 13.7 Å². The second-order valence-electron chi connectivity index (χ2n) is 4.51. The van der Waals surface area contributed by atoms with Gasteiger partial charge in [-0.3, -0.25) is 0 Å². The predicted octanol–water partition coefficient (Wildman–Crippen LogP) is 3.66. The summed E-state index contributed by atoms with van der Waals surface area (Å²) in [6.07, 6.45) is -0.929. The Morgan fingerprint density at radius 3 is 2.68 bits per heavy atom. The summed E-state index contributed by atoms with van der Waals surface area (Å²) in [5.74, 6) is 0. The molecule has 2 nitrogen and oxygen atoms in total. The zero-order valence-electron chi connectivity index (χ0n) is 10.6. The number of benzene rings is 1. The number of hydrogen-bond acceptors (Lipinski definition) is 2. The Morgan fingerprint density at radius 2 is 2.11 bits per heavy atom. The highest BCUT2D eigenvalue weighted by Crippen LogP contribution is 2.33. The quantitative estimate of drug-likeness (QED) is 0.905. The lowest BCUT2D eigenvalue weighted by molar-refractivity contribution is -0.137. The van der Waals surface area contributed by atoms with Crippen LogP contribution in [0.1, 0.15) is 30.0 Å². The molecule has 1 aliphatic rings. The molecule has 0 bridgehead atoms. The molecule has 0 aromatic heterocycles. The van der Waals surface area contributed by atoms with E-state index in [2.05, 4.69) is 5.32 Å². The molecule has 0 spiro atoms. The molecular weight excluding hydrogens is 255 g/mol. The highest BCUT2D eigenvalue weighted by atomic mass is 19.4. The molecule has 1 aliphatic heterocycles. The fourth-order valence-corrected chi connectivity index (χ4v) is 2.26. The molecule has 1 unspecified atom stereocenters. The predicted molar refractivity (Wildman–Crippen MR) is 66.5 cm³/mol. The summed E-state index contributed by atoms with van der Waals surface area (Å²) in [6, 6.07) is 5.18. The highest BCUT2D eigenvalue weighted by Gasteiger charge is 2.31. The summed E-state index contributed by atoms with van der Waals surface area (Å²) in [5, 5.41) is 3.05. The van der Waals surface area contributed by atoms with Gasteiger partial charge in [-0.25, -0.2) is 0 Å². The Bertz CT molecular complexity index is 468. The van der Waals surface area contributed by atoms with E-state index in [1.165, 1.54) is 12.1 Å². The summed E-state index contributed by atoms with van der Waals surface area (Å²) >= 11 is 0. The van der Waals surface area contributed by atoms with Crippen LogP contribution in [-0.2, 0) is 10.9 Å². The molecule has 1 aromatic rings. The van der Waals surface area contributed by atoms with Gasteiger partial charge in [0.25, 0.3) is 0 Å². The van der Waals surface area contributed by atoms with Crippen LogP contribution in [0.5, 0.6) is 0 Å². The van der Waals surface area contributed by atoms with E-state index in [0.29, 0.717) is 12.2 Å². The van der Waals surface area contributed by atoms with Gasteiger partial charge >= 0.3 is 6.18 Å². The topological polar surface area (TPSA) is 21.3 Å². The summed E-state index contributed by atoms with van der Waals surface area (Å²) in [5.41, 5.74) is 0.963. The van der Waals surface area contributed by atoms with Crippen molar-refractivity contribution < 1.29 is 17.9 Å². The maximum absolute atomic E-state index is 12.7. The van der Waals surface area contributed by atoms with Crippen LogP contribution in [0.3, 0.4) is 0 Å². The van der Waals surface area contributed by atoms with Crippen molar-refractivity contribution in [3.8, 4) is 0 Å². The Balaban J connectivity index is 2.30. The summed E-state index contributed by atoms with van der Waals surface area (Å²) in [4.78, 5) is 0. The van der Waals surface area contributed by atoms with Gasteiger partial charge in [0.05, 0.1) is 24.5 Å². The lowest BCUT2D eigenvalue weighted by Gasteiger charge is -2.23. The Labute approximate surface area is 110 Å². The Kier molecular flexibility index (Phi) is 4.14. The van der Waals surface area contributed by atoms with Gasteiger partial charge in [0.2, 0.25) is 0 Å². The van der Waals surface area contributed by atoms with E-state index in [-0.39, 0.29) is 6.04 Å². The van der Waals surface area contributed by atoms with Crippen LogP contribution in [0.2, 0.25) is 0 Å². The molecule has 0 saturated carbocycles. The first-order valence-electron chi connectivity index (χ1n) is 6.17. The third kappa shape index (κ3) is 3.29. The van der Waals surface area contributed by atoms with E-state index >= 15 is 0 Å². The number of nitrogens with one attached hydrogen (secondary N) is 1. The van der Waals surface area contributed by atoms with E-state index < -0.39 is 11.7 Å². The van der Waals surface area contributed by atoms with E-state index in [4.69, 9.17) is 4.74 Å². The van der Waals surface area contributed by atoms with Crippen LogP contribution in [0.15, 0.2) is 36.1 Å². The largest absolute Gasteiger partial charge is 0.501 e. The molecule has 1 aromatic carbocycles. The standard InChI is InChI=1S/C14H16F3NO/c1-18-13(11-5-3-7-19-9-11)10-4-2-6-12(8-10)14(15,16)17/h2,4,6,8-9,13,18H,3,5,7H2,1H3. The van der Waals surface area contributed by atoms with Gasteiger partial charge in [0.1, 0.15) is 0 Å². The molecule has 104 valence electrons. The van der Waals surface area contributed by atoms with Crippen molar-refractivity contribution in [1.82, 2.24) is 5.32 Å². The normalized spacial score (nSPS) is 17.6. The summed E-state index contributed by atoms with van der Waals surface area (Å²) in [6.45, 7) is 0.669. The monoisotopic (exact) mass is 271 g/mol. The number of halogens is 3. The first-order chi connectivity index (χ1) is 9.02. The lowest BCUT2D eigenvalue weighted by Crippen LogP contribution is -2.21. The van der Waals surface area contributed by atoms with Gasteiger partial charge in [-0.1, -0.05) is 12.1 Å². The molecule has 0 amide bonds. The van der Waals surface area contributed by atoms with Crippen molar-refractivity contribution in [1.29, 1.82) is 0 Å². The average Bonchev–Trinajstić information content (AvgIpc) is 2.40. The van der Waals surface area contributed by atoms with E-state index in [0.717, 1.165) is 24.5 Å². The Morgan fingerprint density at radius 1 is 1.32 bits per heavy atom. The minimum atomic E-state index is -4.31. The molecule has 0 radical (unpaired) electrons. The first-order valence-corrected chi connectivity index (χ1v) is 6.17. The molecule has 19 heavy (non-hydrogen) atoms. The van der Waals surface area contributed by atoms with Gasteiger partial charge in [0, 0.05) is 0 Å². The van der Waals surface area contributed by atoms with E-state index in [1.54, 1.807) is 19.4 Å². The van der Waals surface area contributed by atoms with Crippen molar-refractivity contribution >= 4 is 0 Å². The fraction of sp³-hybridized carbons (Fsp3) is 0.429. The van der Waals surface area contributed by atoms with E-state index in [1.807, 2.05) is 0 Å². The SMILES string of the molecule is CNC(C1=COCCC1)c1cccc(C(F)(F)F)c1. The number of rotatable bonds is 3. The van der Waals surface area contributed by atoms with Gasteiger partial charge in [0.15, 0.2) is 0 Å². The smallest absolute Gasteiger partial charge is 0.416 e.